The molecule has 0 aliphatic heterocycles. The van der Waals surface area contributed by atoms with Gasteiger partial charge < -0.3 is 10.4 Å². The Bertz CT molecular complexity index is 454. The molecule has 2 N–H and O–H groups in total. The zero-order chi connectivity index (χ0) is 13.1. The Morgan fingerprint density at radius 3 is 2.61 bits per heavy atom. The van der Waals surface area contributed by atoms with Gasteiger partial charge in [-0.25, -0.2) is 4.79 Å². The van der Waals surface area contributed by atoms with Crippen molar-refractivity contribution >= 4 is 11.8 Å². The summed E-state index contributed by atoms with van der Waals surface area (Å²) in [4.78, 5) is 11.3. The minimum atomic E-state index is -0.945. The van der Waals surface area contributed by atoms with E-state index in [-0.39, 0.29) is 5.56 Å². The summed E-state index contributed by atoms with van der Waals surface area (Å²) in [5.41, 5.74) is 1.60. The van der Waals surface area contributed by atoms with E-state index in [0.29, 0.717) is 23.0 Å². The number of carboxylic acid groups (broad SMARTS) is 1. The molecule has 0 saturated heterocycles. The SMILES string of the molecule is Cc1nnc(NCC2CCCC2)c(C(=O)O)c1C. The van der Waals surface area contributed by atoms with Crippen molar-refractivity contribution in [2.24, 2.45) is 5.92 Å². The number of hydrogen-bond acceptors (Lipinski definition) is 4. The second-order valence-corrected chi connectivity index (χ2v) is 4.97. The highest BCUT2D eigenvalue weighted by molar-refractivity contribution is 5.94. The lowest BCUT2D eigenvalue weighted by Crippen LogP contribution is -2.17. The van der Waals surface area contributed by atoms with Gasteiger partial charge in [-0.15, -0.1) is 5.10 Å². The monoisotopic (exact) mass is 249 g/mol. The first-order chi connectivity index (χ1) is 8.59. The van der Waals surface area contributed by atoms with Crippen LogP contribution in [0.3, 0.4) is 0 Å². The third-order valence-electron chi connectivity index (χ3n) is 3.70. The number of aromatic nitrogens is 2. The molecule has 1 fully saturated rings. The van der Waals surface area contributed by atoms with Crippen LogP contribution in [-0.4, -0.2) is 27.8 Å². The summed E-state index contributed by atoms with van der Waals surface area (Å²) < 4.78 is 0. The standard InChI is InChI=1S/C13H19N3O2/c1-8-9(2)15-16-12(11(8)13(17)18)14-7-10-5-3-4-6-10/h10H,3-7H2,1-2H3,(H,14,16)(H,17,18). The van der Waals surface area contributed by atoms with Gasteiger partial charge in [-0.3, -0.25) is 0 Å². The number of hydrogen-bond donors (Lipinski definition) is 2. The lowest BCUT2D eigenvalue weighted by molar-refractivity contribution is 0.0696. The van der Waals surface area contributed by atoms with Gasteiger partial charge in [-0.1, -0.05) is 12.8 Å². The summed E-state index contributed by atoms with van der Waals surface area (Å²) >= 11 is 0. The smallest absolute Gasteiger partial charge is 0.339 e. The zero-order valence-electron chi connectivity index (χ0n) is 10.9. The van der Waals surface area contributed by atoms with Crippen molar-refractivity contribution in [1.29, 1.82) is 0 Å². The fourth-order valence-electron chi connectivity index (χ4n) is 2.45. The first-order valence-corrected chi connectivity index (χ1v) is 6.40. The van der Waals surface area contributed by atoms with Gasteiger partial charge in [-0.2, -0.15) is 5.10 Å². The van der Waals surface area contributed by atoms with E-state index in [9.17, 15) is 9.90 Å². The fraction of sp³-hybridized carbons (Fsp3) is 0.615. The highest BCUT2D eigenvalue weighted by Crippen LogP contribution is 2.25. The molecule has 1 aliphatic carbocycles. The van der Waals surface area contributed by atoms with Crippen LogP contribution in [-0.2, 0) is 0 Å². The molecule has 1 aliphatic rings. The van der Waals surface area contributed by atoms with Crippen LogP contribution in [0.1, 0.15) is 47.3 Å². The van der Waals surface area contributed by atoms with Crippen molar-refractivity contribution in [3.8, 4) is 0 Å². The number of carboxylic acids is 1. The van der Waals surface area contributed by atoms with Crippen molar-refractivity contribution in [3.05, 3.63) is 16.8 Å². The van der Waals surface area contributed by atoms with Crippen LogP contribution in [0, 0.1) is 19.8 Å². The number of nitrogens with one attached hydrogen (secondary N) is 1. The topological polar surface area (TPSA) is 75.1 Å². The van der Waals surface area contributed by atoms with Gasteiger partial charge in [-0.05, 0) is 38.2 Å². The van der Waals surface area contributed by atoms with Crippen LogP contribution < -0.4 is 5.32 Å². The lowest BCUT2D eigenvalue weighted by atomic mass is 10.1. The molecule has 0 amide bonds. The van der Waals surface area contributed by atoms with Gasteiger partial charge in [0.15, 0.2) is 5.82 Å². The summed E-state index contributed by atoms with van der Waals surface area (Å²) in [6.07, 6.45) is 4.98. The number of carbonyl (C=O) groups is 1. The molecule has 5 heteroatoms. The molecule has 0 aromatic carbocycles. The number of rotatable bonds is 4. The molecule has 0 spiro atoms. The lowest BCUT2D eigenvalue weighted by Gasteiger charge is -2.14. The van der Waals surface area contributed by atoms with Gasteiger partial charge in [0, 0.05) is 6.54 Å². The maximum atomic E-state index is 11.3. The second-order valence-electron chi connectivity index (χ2n) is 4.97. The third kappa shape index (κ3) is 2.60. The highest BCUT2D eigenvalue weighted by Gasteiger charge is 2.20. The van der Waals surface area contributed by atoms with E-state index in [1.807, 2.05) is 0 Å². The molecular formula is C13H19N3O2. The van der Waals surface area contributed by atoms with Crippen molar-refractivity contribution in [2.45, 2.75) is 39.5 Å². The molecule has 0 radical (unpaired) electrons. The van der Waals surface area contributed by atoms with E-state index in [1.165, 1.54) is 25.7 Å². The molecule has 0 atom stereocenters. The molecular weight excluding hydrogens is 230 g/mol. The predicted molar refractivity (Wildman–Crippen MR) is 68.9 cm³/mol. The quantitative estimate of drug-likeness (QED) is 0.857. The molecule has 1 saturated carbocycles. The van der Waals surface area contributed by atoms with E-state index in [0.717, 1.165) is 6.54 Å². The minimum absolute atomic E-state index is 0.250. The Hall–Kier alpha value is -1.65. The van der Waals surface area contributed by atoms with Gasteiger partial charge in [0.2, 0.25) is 0 Å². The van der Waals surface area contributed by atoms with Gasteiger partial charge >= 0.3 is 5.97 Å². The molecule has 1 heterocycles. The minimum Gasteiger partial charge on any atom is -0.478 e. The van der Waals surface area contributed by atoms with Crippen LogP contribution >= 0.6 is 0 Å². The molecule has 0 bridgehead atoms. The number of anilines is 1. The van der Waals surface area contributed by atoms with Gasteiger partial charge in [0.25, 0.3) is 0 Å². The summed E-state index contributed by atoms with van der Waals surface area (Å²) in [5.74, 6) is 0.0898. The maximum absolute atomic E-state index is 11.3. The van der Waals surface area contributed by atoms with E-state index < -0.39 is 5.97 Å². The normalized spacial score (nSPS) is 15.9. The summed E-state index contributed by atoms with van der Waals surface area (Å²) in [6, 6.07) is 0. The maximum Gasteiger partial charge on any atom is 0.339 e. The van der Waals surface area contributed by atoms with Gasteiger partial charge in [0.05, 0.1) is 5.69 Å². The van der Waals surface area contributed by atoms with E-state index in [4.69, 9.17) is 0 Å². The van der Waals surface area contributed by atoms with Crippen molar-refractivity contribution in [1.82, 2.24) is 10.2 Å². The van der Waals surface area contributed by atoms with Gasteiger partial charge in [0.1, 0.15) is 5.56 Å². The summed E-state index contributed by atoms with van der Waals surface area (Å²) in [7, 11) is 0. The summed E-state index contributed by atoms with van der Waals surface area (Å²) in [5, 5.41) is 20.4. The Balaban J connectivity index is 2.16. The molecule has 1 aromatic rings. The van der Waals surface area contributed by atoms with Crippen molar-refractivity contribution < 1.29 is 9.90 Å². The molecule has 2 rings (SSSR count). The Morgan fingerprint density at radius 2 is 2.00 bits per heavy atom. The largest absolute Gasteiger partial charge is 0.478 e. The Morgan fingerprint density at radius 1 is 1.33 bits per heavy atom. The van der Waals surface area contributed by atoms with E-state index in [1.54, 1.807) is 13.8 Å². The average Bonchev–Trinajstić information content (AvgIpc) is 2.83. The predicted octanol–water partition coefficient (Wildman–Crippen LogP) is 2.39. The number of aromatic carboxylic acids is 1. The van der Waals surface area contributed by atoms with E-state index >= 15 is 0 Å². The van der Waals surface area contributed by atoms with Crippen LogP contribution in [0.25, 0.3) is 0 Å². The zero-order valence-corrected chi connectivity index (χ0v) is 10.9. The average molecular weight is 249 g/mol. The van der Waals surface area contributed by atoms with Crippen LogP contribution in [0.4, 0.5) is 5.82 Å². The van der Waals surface area contributed by atoms with E-state index in [2.05, 4.69) is 15.5 Å². The highest BCUT2D eigenvalue weighted by atomic mass is 16.4. The third-order valence-corrected chi connectivity index (χ3v) is 3.70. The van der Waals surface area contributed by atoms with Crippen LogP contribution in [0.15, 0.2) is 0 Å². The molecule has 5 nitrogen and oxygen atoms in total. The number of nitrogens with zero attached hydrogens (tertiary/aromatic N) is 2. The molecule has 18 heavy (non-hydrogen) atoms. The van der Waals surface area contributed by atoms with Crippen molar-refractivity contribution in [2.75, 3.05) is 11.9 Å². The molecule has 98 valence electrons. The second kappa shape index (κ2) is 5.33. The molecule has 1 aromatic heterocycles. The number of aryl methyl sites for hydroxylation is 1. The molecule has 0 unspecified atom stereocenters. The first kappa shape index (κ1) is 12.8. The Labute approximate surface area is 107 Å². The Kier molecular flexibility index (Phi) is 3.79. The summed E-state index contributed by atoms with van der Waals surface area (Å²) in [6.45, 7) is 4.33. The first-order valence-electron chi connectivity index (χ1n) is 6.40. The van der Waals surface area contributed by atoms with Crippen LogP contribution in [0.2, 0.25) is 0 Å². The fourth-order valence-corrected chi connectivity index (χ4v) is 2.45. The van der Waals surface area contributed by atoms with Crippen molar-refractivity contribution in [3.63, 3.8) is 0 Å². The van der Waals surface area contributed by atoms with Crippen LogP contribution in [0.5, 0.6) is 0 Å².